The number of carbonyl (C=O) groups is 2. The third-order valence-corrected chi connectivity index (χ3v) is 4.25. The lowest BCUT2D eigenvalue weighted by Gasteiger charge is -2.09. The monoisotopic (exact) mass is 392 g/mol. The molecule has 148 valence electrons. The van der Waals surface area contributed by atoms with Crippen LogP contribution in [-0.2, 0) is 11.3 Å². The third kappa shape index (κ3) is 4.21. The summed E-state index contributed by atoms with van der Waals surface area (Å²) in [6.07, 6.45) is 2.06. The normalized spacial score (nSPS) is 11.0. The number of methoxy groups -OCH3 is 1. The zero-order valence-corrected chi connectivity index (χ0v) is 16.1. The van der Waals surface area contributed by atoms with Crippen LogP contribution >= 0.6 is 0 Å². The SMILES string of the molecule is CCCn1nc(C(=O)N/N=C\c2ccccc2C(=O)OC)c2ccccc2c1=O. The number of hydrogen-bond donors (Lipinski definition) is 1. The fraction of sp³-hybridized carbons (Fsp3) is 0.190. The van der Waals surface area contributed by atoms with Crippen molar-refractivity contribution < 1.29 is 14.3 Å². The third-order valence-electron chi connectivity index (χ3n) is 4.25. The van der Waals surface area contributed by atoms with Crippen LogP contribution < -0.4 is 11.0 Å². The molecular formula is C21H20N4O4. The summed E-state index contributed by atoms with van der Waals surface area (Å²) in [5.41, 5.74) is 3.10. The Morgan fingerprint density at radius 1 is 1.14 bits per heavy atom. The van der Waals surface area contributed by atoms with E-state index in [1.807, 2.05) is 6.92 Å². The Kier molecular flexibility index (Phi) is 6.13. The Morgan fingerprint density at radius 3 is 2.55 bits per heavy atom. The van der Waals surface area contributed by atoms with Gasteiger partial charge in [-0.15, -0.1) is 0 Å². The molecule has 1 N–H and O–H groups in total. The van der Waals surface area contributed by atoms with Crippen molar-refractivity contribution in [1.82, 2.24) is 15.2 Å². The molecule has 8 heteroatoms. The lowest BCUT2D eigenvalue weighted by molar-refractivity contribution is 0.0600. The number of fused-ring (bicyclic) bond motifs is 1. The fourth-order valence-corrected chi connectivity index (χ4v) is 2.89. The molecule has 1 aromatic heterocycles. The second-order valence-electron chi connectivity index (χ2n) is 6.20. The maximum Gasteiger partial charge on any atom is 0.338 e. The minimum Gasteiger partial charge on any atom is -0.465 e. The lowest BCUT2D eigenvalue weighted by Crippen LogP contribution is -2.29. The second-order valence-corrected chi connectivity index (χ2v) is 6.20. The molecule has 1 amide bonds. The summed E-state index contributed by atoms with van der Waals surface area (Å²) in [5, 5.41) is 9.03. The summed E-state index contributed by atoms with van der Waals surface area (Å²) in [4.78, 5) is 37.0. The van der Waals surface area contributed by atoms with Crippen LogP contribution in [0.2, 0.25) is 0 Å². The van der Waals surface area contributed by atoms with Crippen molar-refractivity contribution in [3.8, 4) is 0 Å². The molecule has 0 aliphatic heterocycles. The van der Waals surface area contributed by atoms with Crippen molar-refractivity contribution in [2.75, 3.05) is 7.11 Å². The van der Waals surface area contributed by atoms with Crippen LogP contribution in [0.1, 0.15) is 39.8 Å². The first-order chi connectivity index (χ1) is 14.1. The highest BCUT2D eigenvalue weighted by molar-refractivity contribution is 6.05. The number of nitrogens with zero attached hydrogens (tertiary/aromatic N) is 3. The minimum absolute atomic E-state index is 0.104. The van der Waals surface area contributed by atoms with E-state index in [-0.39, 0.29) is 11.3 Å². The summed E-state index contributed by atoms with van der Waals surface area (Å²) < 4.78 is 6.02. The minimum atomic E-state index is -0.558. The molecule has 2 aromatic carbocycles. The highest BCUT2D eigenvalue weighted by Gasteiger charge is 2.16. The first kappa shape index (κ1) is 19.9. The van der Waals surface area contributed by atoms with Gasteiger partial charge in [0.2, 0.25) is 0 Å². The van der Waals surface area contributed by atoms with Gasteiger partial charge in [-0.25, -0.2) is 14.9 Å². The quantitative estimate of drug-likeness (QED) is 0.394. The first-order valence-corrected chi connectivity index (χ1v) is 9.07. The standard InChI is InChI=1S/C21H20N4O4/c1-3-12-25-20(27)17-11-7-6-10-16(17)18(24-25)19(26)23-22-13-14-8-4-5-9-15(14)21(28)29-2/h4-11,13H,3,12H2,1-2H3,(H,23,26)/b22-13-. The van der Waals surface area contributed by atoms with Gasteiger partial charge < -0.3 is 4.74 Å². The second kappa shape index (κ2) is 8.92. The van der Waals surface area contributed by atoms with Crippen LogP contribution in [-0.4, -0.2) is 35.0 Å². The van der Waals surface area contributed by atoms with E-state index in [4.69, 9.17) is 4.74 Å². The number of aryl methyl sites for hydroxylation is 1. The zero-order valence-electron chi connectivity index (χ0n) is 16.1. The van der Waals surface area contributed by atoms with E-state index in [0.717, 1.165) is 0 Å². The van der Waals surface area contributed by atoms with Gasteiger partial charge in [-0.2, -0.15) is 10.2 Å². The highest BCUT2D eigenvalue weighted by atomic mass is 16.5. The van der Waals surface area contributed by atoms with Gasteiger partial charge in [0.15, 0.2) is 5.69 Å². The Morgan fingerprint density at radius 2 is 1.83 bits per heavy atom. The van der Waals surface area contributed by atoms with E-state index in [9.17, 15) is 14.4 Å². The van der Waals surface area contributed by atoms with E-state index in [1.54, 1.807) is 48.5 Å². The first-order valence-electron chi connectivity index (χ1n) is 9.07. The lowest BCUT2D eigenvalue weighted by atomic mass is 10.1. The van der Waals surface area contributed by atoms with Gasteiger partial charge in [0.05, 0.1) is 24.3 Å². The van der Waals surface area contributed by atoms with Crippen LogP contribution in [0.5, 0.6) is 0 Å². The number of rotatable bonds is 6. The average Bonchev–Trinajstić information content (AvgIpc) is 2.75. The molecule has 0 saturated heterocycles. The van der Waals surface area contributed by atoms with Gasteiger partial charge in [-0.1, -0.05) is 43.3 Å². The van der Waals surface area contributed by atoms with Gasteiger partial charge in [-0.05, 0) is 18.6 Å². The van der Waals surface area contributed by atoms with Crippen molar-refractivity contribution in [3.63, 3.8) is 0 Å². The predicted molar refractivity (Wildman–Crippen MR) is 109 cm³/mol. The Balaban J connectivity index is 1.92. The van der Waals surface area contributed by atoms with Crippen molar-refractivity contribution in [2.45, 2.75) is 19.9 Å². The molecule has 0 saturated carbocycles. The van der Waals surface area contributed by atoms with E-state index in [2.05, 4.69) is 15.6 Å². The predicted octanol–water partition coefficient (Wildman–Crippen LogP) is 2.36. The molecule has 0 spiro atoms. The molecule has 29 heavy (non-hydrogen) atoms. The van der Waals surface area contributed by atoms with E-state index < -0.39 is 11.9 Å². The molecule has 0 aliphatic carbocycles. The maximum absolute atomic E-state index is 12.7. The molecule has 3 rings (SSSR count). The summed E-state index contributed by atoms with van der Waals surface area (Å²) in [6, 6.07) is 13.5. The number of amides is 1. The van der Waals surface area contributed by atoms with Crippen molar-refractivity contribution in [3.05, 3.63) is 75.7 Å². The molecule has 1 heterocycles. The number of nitrogens with one attached hydrogen (secondary N) is 1. The fourth-order valence-electron chi connectivity index (χ4n) is 2.89. The Bertz CT molecular complexity index is 1150. The average molecular weight is 392 g/mol. The van der Waals surface area contributed by atoms with Crippen LogP contribution in [0.25, 0.3) is 10.8 Å². The number of ether oxygens (including phenoxy) is 1. The van der Waals surface area contributed by atoms with Gasteiger partial charge >= 0.3 is 5.97 Å². The van der Waals surface area contributed by atoms with Crippen LogP contribution in [0, 0.1) is 0 Å². The van der Waals surface area contributed by atoms with E-state index >= 15 is 0 Å². The smallest absolute Gasteiger partial charge is 0.338 e. The number of hydrazone groups is 1. The molecule has 0 aliphatic rings. The van der Waals surface area contributed by atoms with Gasteiger partial charge in [0, 0.05) is 17.5 Å². The van der Waals surface area contributed by atoms with Crippen molar-refractivity contribution in [2.24, 2.45) is 5.10 Å². The molecule has 0 radical (unpaired) electrons. The number of hydrogen-bond acceptors (Lipinski definition) is 6. The van der Waals surface area contributed by atoms with E-state index in [0.29, 0.717) is 34.9 Å². The van der Waals surface area contributed by atoms with Crippen molar-refractivity contribution >= 4 is 28.9 Å². The van der Waals surface area contributed by atoms with Crippen LogP contribution in [0.4, 0.5) is 0 Å². The number of esters is 1. The van der Waals surface area contributed by atoms with Gasteiger partial charge in [0.25, 0.3) is 11.5 Å². The molecule has 0 atom stereocenters. The number of aromatic nitrogens is 2. The zero-order chi connectivity index (χ0) is 20.8. The van der Waals surface area contributed by atoms with Crippen molar-refractivity contribution in [1.29, 1.82) is 0 Å². The van der Waals surface area contributed by atoms with E-state index in [1.165, 1.54) is 18.0 Å². The molecule has 0 bridgehead atoms. The largest absolute Gasteiger partial charge is 0.465 e. The van der Waals surface area contributed by atoms with Gasteiger partial charge in [-0.3, -0.25) is 9.59 Å². The summed E-state index contributed by atoms with van der Waals surface area (Å²) in [5.74, 6) is -1.06. The Hall–Kier alpha value is -3.81. The van der Waals surface area contributed by atoms with Crippen LogP contribution in [0.3, 0.4) is 0 Å². The summed E-state index contributed by atoms with van der Waals surface area (Å²) in [7, 11) is 1.29. The molecular weight excluding hydrogens is 372 g/mol. The molecule has 8 nitrogen and oxygen atoms in total. The molecule has 0 fully saturated rings. The molecule has 0 unspecified atom stereocenters. The summed E-state index contributed by atoms with van der Waals surface area (Å²) in [6.45, 7) is 2.33. The topological polar surface area (TPSA) is 103 Å². The Labute approximate surface area is 166 Å². The molecule has 3 aromatic rings. The maximum atomic E-state index is 12.7. The van der Waals surface area contributed by atoms with Gasteiger partial charge in [0.1, 0.15) is 0 Å². The highest BCUT2D eigenvalue weighted by Crippen LogP contribution is 2.13. The summed E-state index contributed by atoms with van der Waals surface area (Å²) >= 11 is 0. The number of benzene rings is 2. The number of carbonyl (C=O) groups excluding carboxylic acids is 2. The van der Waals surface area contributed by atoms with Crippen LogP contribution in [0.15, 0.2) is 58.4 Å².